The summed E-state index contributed by atoms with van der Waals surface area (Å²) in [6.07, 6.45) is 1.02. The van der Waals surface area contributed by atoms with E-state index < -0.39 is 5.97 Å². The lowest BCUT2D eigenvalue weighted by atomic mass is 10.1. The number of ether oxygens (including phenoxy) is 1. The van der Waals surface area contributed by atoms with Gasteiger partial charge in [0, 0.05) is 31.1 Å². The molecule has 0 spiro atoms. The minimum atomic E-state index is -0.449. The highest BCUT2D eigenvalue weighted by molar-refractivity contribution is 5.95. The van der Waals surface area contributed by atoms with Crippen molar-refractivity contribution in [1.82, 2.24) is 5.32 Å². The van der Waals surface area contributed by atoms with Gasteiger partial charge in [0.25, 0.3) is 5.91 Å². The van der Waals surface area contributed by atoms with Crippen molar-refractivity contribution >= 4 is 23.5 Å². The van der Waals surface area contributed by atoms with Crippen molar-refractivity contribution in [2.75, 3.05) is 5.32 Å². The first-order valence-electron chi connectivity index (χ1n) is 10.4. The predicted molar refractivity (Wildman–Crippen MR) is 123 cm³/mol. The Morgan fingerprint density at radius 2 is 1.66 bits per heavy atom. The van der Waals surface area contributed by atoms with Crippen molar-refractivity contribution in [3.8, 4) is 5.75 Å². The van der Waals surface area contributed by atoms with Gasteiger partial charge in [-0.3, -0.25) is 14.4 Å². The summed E-state index contributed by atoms with van der Waals surface area (Å²) >= 11 is 0. The molecule has 3 rings (SSSR count). The first-order valence-corrected chi connectivity index (χ1v) is 10.4. The number of rotatable bonds is 8. The second kappa shape index (κ2) is 10.9. The number of benzene rings is 3. The molecule has 6 nitrogen and oxygen atoms in total. The van der Waals surface area contributed by atoms with E-state index in [1.165, 1.54) is 18.6 Å². The van der Waals surface area contributed by atoms with Crippen LogP contribution in [0.5, 0.6) is 5.75 Å². The zero-order chi connectivity index (χ0) is 22.9. The van der Waals surface area contributed by atoms with Crippen LogP contribution in [-0.4, -0.2) is 17.8 Å². The molecule has 2 amide bonds. The Morgan fingerprint density at radius 1 is 0.906 bits per heavy atom. The van der Waals surface area contributed by atoms with Crippen molar-refractivity contribution in [2.24, 2.45) is 0 Å². The summed E-state index contributed by atoms with van der Waals surface area (Å²) in [4.78, 5) is 36.1. The van der Waals surface area contributed by atoms with E-state index in [4.69, 9.17) is 4.74 Å². The molecular weight excluding hydrogens is 404 g/mol. The number of aryl methyl sites for hydroxylation is 2. The minimum Gasteiger partial charge on any atom is -0.427 e. The fourth-order valence-electron chi connectivity index (χ4n) is 3.17. The zero-order valence-electron chi connectivity index (χ0n) is 18.2. The lowest BCUT2D eigenvalue weighted by Gasteiger charge is -2.12. The van der Waals surface area contributed by atoms with Crippen LogP contribution in [0.15, 0.2) is 72.8 Å². The van der Waals surface area contributed by atoms with Crippen LogP contribution in [-0.2, 0) is 22.6 Å². The van der Waals surface area contributed by atoms with Gasteiger partial charge in [-0.15, -0.1) is 0 Å². The summed E-state index contributed by atoms with van der Waals surface area (Å²) in [6.45, 7) is 3.58. The monoisotopic (exact) mass is 430 g/mol. The largest absolute Gasteiger partial charge is 0.427 e. The van der Waals surface area contributed by atoms with E-state index >= 15 is 0 Å². The second-order valence-corrected chi connectivity index (χ2v) is 7.50. The summed E-state index contributed by atoms with van der Waals surface area (Å²) in [5, 5.41) is 5.78. The van der Waals surface area contributed by atoms with Crippen molar-refractivity contribution < 1.29 is 19.1 Å². The minimum absolute atomic E-state index is 0.0848. The van der Waals surface area contributed by atoms with Crippen LogP contribution in [0.25, 0.3) is 0 Å². The maximum Gasteiger partial charge on any atom is 0.308 e. The molecule has 32 heavy (non-hydrogen) atoms. The SMILES string of the molecule is CC(=O)Oc1cccc(C(=O)NCc2ccccc2NC(=O)CCc2ccc(C)cc2)c1. The van der Waals surface area contributed by atoms with Crippen LogP contribution in [0.2, 0.25) is 0 Å². The molecule has 0 heterocycles. The number of nitrogens with one attached hydrogen (secondary N) is 2. The summed E-state index contributed by atoms with van der Waals surface area (Å²) in [6, 6.07) is 21.9. The molecule has 0 aliphatic rings. The normalized spacial score (nSPS) is 10.3. The van der Waals surface area contributed by atoms with Crippen molar-refractivity contribution in [2.45, 2.75) is 33.2 Å². The summed E-state index contributed by atoms with van der Waals surface area (Å²) in [5.41, 5.74) is 4.13. The molecule has 164 valence electrons. The van der Waals surface area contributed by atoms with Crippen LogP contribution in [0, 0.1) is 6.92 Å². The third-order valence-corrected chi connectivity index (χ3v) is 4.85. The molecule has 0 aromatic heterocycles. The third kappa shape index (κ3) is 6.80. The number of anilines is 1. The topological polar surface area (TPSA) is 84.5 Å². The number of hydrogen-bond donors (Lipinski definition) is 2. The third-order valence-electron chi connectivity index (χ3n) is 4.85. The van der Waals surface area contributed by atoms with E-state index in [0.29, 0.717) is 29.8 Å². The standard InChI is InChI=1S/C26H26N2O4/c1-18-10-12-20(13-11-18)14-15-25(30)28-24-9-4-3-6-22(24)17-27-26(31)21-7-5-8-23(16-21)32-19(2)29/h3-13,16H,14-15,17H2,1-2H3,(H,27,31)(H,28,30). The van der Waals surface area contributed by atoms with Gasteiger partial charge in [0.05, 0.1) is 0 Å². The lowest BCUT2D eigenvalue weighted by molar-refractivity contribution is -0.131. The zero-order valence-corrected chi connectivity index (χ0v) is 18.2. The number of esters is 1. The van der Waals surface area contributed by atoms with Crippen molar-refractivity contribution in [3.05, 3.63) is 95.1 Å². The lowest BCUT2D eigenvalue weighted by Crippen LogP contribution is -2.24. The highest BCUT2D eigenvalue weighted by atomic mass is 16.5. The van der Waals surface area contributed by atoms with Gasteiger partial charge in [-0.1, -0.05) is 54.1 Å². The molecule has 0 radical (unpaired) electrons. The Hall–Kier alpha value is -3.93. The Morgan fingerprint density at radius 3 is 2.41 bits per heavy atom. The van der Waals surface area contributed by atoms with Gasteiger partial charge in [-0.25, -0.2) is 0 Å². The van der Waals surface area contributed by atoms with Crippen molar-refractivity contribution in [1.29, 1.82) is 0 Å². The van der Waals surface area contributed by atoms with E-state index in [2.05, 4.69) is 10.6 Å². The van der Waals surface area contributed by atoms with Gasteiger partial charge in [-0.05, 0) is 48.7 Å². The van der Waals surface area contributed by atoms with Gasteiger partial charge in [0.1, 0.15) is 5.75 Å². The van der Waals surface area contributed by atoms with Crippen molar-refractivity contribution in [3.63, 3.8) is 0 Å². The molecule has 0 saturated heterocycles. The van der Waals surface area contributed by atoms with Gasteiger partial charge in [0.15, 0.2) is 0 Å². The Balaban J connectivity index is 1.57. The Bertz CT molecular complexity index is 1110. The van der Waals surface area contributed by atoms with Gasteiger partial charge in [-0.2, -0.15) is 0 Å². The van der Waals surface area contributed by atoms with E-state index in [1.54, 1.807) is 18.2 Å². The predicted octanol–water partition coefficient (Wildman–Crippen LogP) is 4.42. The maximum atomic E-state index is 12.5. The number of carbonyl (C=O) groups excluding carboxylic acids is 3. The van der Waals surface area contributed by atoms with E-state index in [0.717, 1.165) is 11.1 Å². The molecule has 0 aliphatic carbocycles. The van der Waals surface area contributed by atoms with Crippen LogP contribution < -0.4 is 15.4 Å². The van der Waals surface area contributed by atoms with E-state index in [9.17, 15) is 14.4 Å². The first kappa shape index (κ1) is 22.7. The van der Waals surface area contributed by atoms with Crippen LogP contribution in [0.3, 0.4) is 0 Å². The van der Waals surface area contributed by atoms with Crippen LogP contribution in [0.1, 0.15) is 40.4 Å². The van der Waals surface area contributed by atoms with E-state index in [-0.39, 0.29) is 18.4 Å². The Kier molecular flexibility index (Phi) is 7.75. The molecule has 0 saturated carbocycles. The van der Waals surface area contributed by atoms with E-state index in [1.807, 2.05) is 55.5 Å². The number of amides is 2. The maximum absolute atomic E-state index is 12.5. The quantitative estimate of drug-likeness (QED) is 0.409. The fraction of sp³-hybridized carbons (Fsp3) is 0.192. The number of para-hydroxylation sites is 1. The molecule has 0 atom stereocenters. The highest BCUT2D eigenvalue weighted by Crippen LogP contribution is 2.17. The molecule has 0 aliphatic heterocycles. The van der Waals surface area contributed by atoms with Gasteiger partial charge in [0.2, 0.25) is 5.91 Å². The summed E-state index contributed by atoms with van der Waals surface area (Å²) in [7, 11) is 0. The summed E-state index contributed by atoms with van der Waals surface area (Å²) in [5.74, 6) is -0.529. The van der Waals surface area contributed by atoms with Crippen LogP contribution in [0.4, 0.5) is 5.69 Å². The molecule has 3 aromatic rings. The molecule has 3 aromatic carbocycles. The number of hydrogen-bond acceptors (Lipinski definition) is 4. The first-order chi connectivity index (χ1) is 15.4. The average Bonchev–Trinajstić information content (AvgIpc) is 2.77. The van der Waals surface area contributed by atoms with Crippen LogP contribution >= 0.6 is 0 Å². The average molecular weight is 431 g/mol. The smallest absolute Gasteiger partial charge is 0.308 e. The molecule has 6 heteroatoms. The fourth-order valence-corrected chi connectivity index (χ4v) is 3.17. The molecule has 0 bridgehead atoms. The Labute approximate surface area is 187 Å². The van der Waals surface area contributed by atoms with Gasteiger partial charge < -0.3 is 15.4 Å². The number of carbonyl (C=O) groups is 3. The molecular formula is C26H26N2O4. The molecule has 0 unspecified atom stereocenters. The molecule has 2 N–H and O–H groups in total. The molecule has 0 fully saturated rings. The summed E-state index contributed by atoms with van der Waals surface area (Å²) < 4.78 is 5.02. The second-order valence-electron chi connectivity index (χ2n) is 7.50. The highest BCUT2D eigenvalue weighted by Gasteiger charge is 2.11. The van der Waals surface area contributed by atoms with Gasteiger partial charge >= 0.3 is 5.97 Å².